The van der Waals surface area contributed by atoms with Crippen LogP contribution in [0, 0.1) is 0 Å². The van der Waals surface area contributed by atoms with Crippen LogP contribution < -0.4 is 4.90 Å². The molecule has 0 aliphatic carbocycles. The summed E-state index contributed by atoms with van der Waals surface area (Å²) in [6, 6.07) is 62.5. The highest BCUT2D eigenvalue weighted by Gasteiger charge is 2.18. The Hall–Kier alpha value is -6.71. The summed E-state index contributed by atoms with van der Waals surface area (Å²) in [5.74, 6) is 0.790. The summed E-state index contributed by atoms with van der Waals surface area (Å²) in [4.78, 5) is 7.23. The minimum atomic E-state index is 0.790. The highest BCUT2D eigenvalue weighted by atomic mass is 16.3. The molecule has 0 saturated carbocycles. The lowest BCUT2D eigenvalue weighted by Gasteiger charge is -2.25. The van der Waals surface area contributed by atoms with Gasteiger partial charge in [0, 0.05) is 34.4 Å². The number of furan rings is 1. The van der Waals surface area contributed by atoms with Gasteiger partial charge in [0.25, 0.3) is 0 Å². The standard InChI is InChI=1S/C47H30N2O/c1-2-11-31(12-3-1)33-13-10-14-36(27-33)49(47-29-46-44(30-48-47)42-19-8-9-20-45(42)50-46)35-24-21-32(22-25-35)34-23-26-41-39-17-5-4-15-37(39)38-16-6-7-18-40(38)43(41)28-34/h1-30H. The molecule has 0 bridgehead atoms. The Morgan fingerprint density at radius 2 is 0.900 bits per heavy atom. The Bertz CT molecular complexity index is 2840. The fourth-order valence-electron chi connectivity index (χ4n) is 7.49. The van der Waals surface area contributed by atoms with Crippen LogP contribution in [0.2, 0.25) is 0 Å². The Morgan fingerprint density at radius 1 is 0.340 bits per heavy atom. The molecular formula is C47H30N2O. The van der Waals surface area contributed by atoms with Gasteiger partial charge in [-0.15, -0.1) is 0 Å². The Balaban J connectivity index is 1.11. The summed E-state index contributed by atoms with van der Waals surface area (Å²) in [6.07, 6.45) is 1.93. The zero-order chi connectivity index (χ0) is 33.0. The predicted molar refractivity (Wildman–Crippen MR) is 210 cm³/mol. The van der Waals surface area contributed by atoms with Gasteiger partial charge in [-0.25, -0.2) is 4.98 Å². The average Bonchev–Trinajstić information content (AvgIpc) is 3.57. The number of rotatable bonds is 5. The third-order valence-corrected chi connectivity index (χ3v) is 9.89. The largest absolute Gasteiger partial charge is 0.456 e. The van der Waals surface area contributed by atoms with Crippen LogP contribution in [0.4, 0.5) is 17.2 Å². The van der Waals surface area contributed by atoms with Crippen molar-refractivity contribution in [1.29, 1.82) is 0 Å². The molecule has 0 atom stereocenters. The van der Waals surface area contributed by atoms with E-state index < -0.39 is 0 Å². The Morgan fingerprint density at radius 3 is 1.64 bits per heavy atom. The molecule has 0 saturated heterocycles. The second kappa shape index (κ2) is 11.5. The topological polar surface area (TPSA) is 29.3 Å². The Kier molecular flexibility index (Phi) is 6.49. The number of anilines is 3. The van der Waals surface area contributed by atoms with Gasteiger partial charge in [0.05, 0.1) is 0 Å². The highest BCUT2D eigenvalue weighted by molar-refractivity contribution is 6.25. The first-order chi connectivity index (χ1) is 24.8. The number of pyridine rings is 1. The first-order valence-corrected chi connectivity index (χ1v) is 17.0. The zero-order valence-corrected chi connectivity index (χ0v) is 27.1. The van der Waals surface area contributed by atoms with Crippen LogP contribution in [0.25, 0.3) is 76.5 Å². The van der Waals surface area contributed by atoms with Crippen molar-refractivity contribution in [2.75, 3.05) is 4.90 Å². The summed E-state index contributed by atoms with van der Waals surface area (Å²) >= 11 is 0. The van der Waals surface area contributed by atoms with Gasteiger partial charge in [-0.2, -0.15) is 0 Å². The highest BCUT2D eigenvalue weighted by Crippen LogP contribution is 2.40. The van der Waals surface area contributed by atoms with Crippen molar-refractivity contribution in [1.82, 2.24) is 4.98 Å². The van der Waals surface area contributed by atoms with Crippen LogP contribution in [0.5, 0.6) is 0 Å². The van der Waals surface area contributed by atoms with Crippen molar-refractivity contribution in [3.05, 3.63) is 182 Å². The van der Waals surface area contributed by atoms with Gasteiger partial charge in [0.15, 0.2) is 0 Å². The molecule has 50 heavy (non-hydrogen) atoms. The molecule has 10 rings (SSSR count). The smallest absolute Gasteiger partial charge is 0.141 e. The van der Waals surface area contributed by atoms with E-state index >= 15 is 0 Å². The van der Waals surface area contributed by atoms with Crippen LogP contribution in [-0.2, 0) is 0 Å². The Labute approximate surface area is 289 Å². The van der Waals surface area contributed by atoms with E-state index in [4.69, 9.17) is 9.40 Å². The predicted octanol–water partition coefficient (Wildman–Crippen LogP) is 13.2. The first kappa shape index (κ1) is 28.3. The van der Waals surface area contributed by atoms with Gasteiger partial charge >= 0.3 is 0 Å². The van der Waals surface area contributed by atoms with Crippen molar-refractivity contribution in [3.8, 4) is 22.3 Å². The van der Waals surface area contributed by atoms with Crippen molar-refractivity contribution in [2.45, 2.75) is 0 Å². The molecule has 0 aliphatic rings. The molecule has 0 aliphatic heterocycles. The molecule has 0 amide bonds. The summed E-state index contributed by atoms with van der Waals surface area (Å²) < 4.78 is 6.31. The van der Waals surface area contributed by atoms with Gasteiger partial charge in [-0.3, -0.25) is 4.90 Å². The third-order valence-electron chi connectivity index (χ3n) is 9.89. The van der Waals surface area contributed by atoms with Gasteiger partial charge in [0.2, 0.25) is 0 Å². The van der Waals surface area contributed by atoms with Crippen molar-refractivity contribution < 1.29 is 4.42 Å². The van der Waals surface area contributed by atoms with E-state index in [0.717, 1.165) is 50.3 Å². The fraction of sp³-hybridized carbons (Fsp3) is 0. The number of hydrogen-bond donors (Lipinski definition) is 0. The molecule has 0 radical (unpaired) electrons. The molecule has 2 aromatic heterocycles. The minimum Gasteiger partial charge on any atom is -0.456 e. The second-order valence-electron chi connectivity index (χ2n) is 12.8. The molecule has 3 nitrogen and oxygen atoms in total. The van der Waals surface area contributed by atoms with Crippen LogP contribution in [0.3, 0.4) is 0 Å². The molecule has 3 heteroatoms. The SMILES string of the molecule is c1ccc(-c2cccc(N(c3ccc(-c4ccc5c6ccccc6c6ccccc6c5c4)cc3)c3cc4oc5ccccc5c4cn3)c2)cc1. The molecule has 234 valence electrons. The average molecular weight is 639 g/mol. The van der Waals surface area contributed by atoms with Gasteiger partial charge in [-0.05, 0) is 91.0 Å². The lowest BCUT2D eigenvalue weighted by atomic mass is 9.92. The monoisotopic (exact) mass is 638 g/mol. The molecule has 0 unspecified atom stereocenters. The summed E-state index contributed by atoms with van der Waals surface area (Å²) in [7, 11) is 0. The molecular weight excluding hydrogens is 609 g/mol. The molecule has 2 heterocycles. The van der Waals surface area contributed by atoms with Crippen LogP contribution >= 0.6 is 0 Å². The van der Waals surface area contributed by atoms with E-state index in [2.05, 4.69) is 157 Å². The number of benzene rings is 8. The quantitative estimate of drug-likeness (QED) is 0.176. The van der Waals surface area contributed by atoms with E-state index in [-0.39, 0.29) is 0 Å². The lowest BCUT2D eigenvalue weighted by molar-refractivity contribution is 0.668. The normalized spacial score (nSPS) is 11.6. The first-order valence-electron chi connectivity index (χ1n) is 17.0. The molecule has 0 spiro atoms. The maximum Gasteiger partial charge on any atom is 0.141 e. The second-order valence-corrected chi connectivity index (χ2v) is 12.8. The third kappa shape index (κ3) is 4.63. The molecule has 8 aromatic carbocycles. The van der Waals surface area contributed by atoms with E-state index in [0.29, 0.717) is 0 Å². The number of fused-ring (bicyclic) bond motifs is 9. The van der Waals surface area contributed by atoms with Gasteiger partial charge < -0.3 is 4.42 Å². The van der Waals surface area contributed by atoms with Gasteiger partial charge in [0.1, 0.15) is 17.0 Å². The van der Waals surface area contributed by atoms with E-state index in [1.165, 1.54) is 43.4 Å². The maximum atomic E-state index is 6.31. The van der Waals surface area contributed by atoms with E-state index in [1.807, 2.05) is 30.5 Å². The number of hydrogen-bond acceptors (Lipinski definition) is 3. The van der Waals surface area contributed by atoms with Crippen LogP contribution in [0.1, 0.15) is 0 Å². The fourth-order valence-corrected chi connectivity index (χ4v) is 7.49. The summed E-state index contributed by atoms with van der Waals surface area (Å²) in [5, 5.41) is 9.75. The number of para-hydroxylation sites is 1. The summed E-state index contributed by atoms with van der Waals surface area (Å²) in [6.45, 7) is 0. The number of aromatic nitrogens is 1. The summed E-state index contributed by atoms with van der Waals surface area (Å²) in [5.41, 5.74) is 8.36. The maximum absolute atomic E-state index is 6.31. The van der Waals surface area contributed by atoms with Crippen molar-refractivity contribution in [2.24, 2.45) is 0 Å². The molecule has 0 N–H and O–H groups in total. The zero-order valence-electron chi connectivity index (χ0n) is 27.1. The van der Waals surface area contributed by atoms with Crippen molar-refractivity contribution >= 4 is 71.4 Å². The molecule has 0 fully saturated rings. The minimum absolute atomic E-state index is 0.790. The molecule has 10 aromatic rings. The van der Waals surface area contributed by atoms with Crippen LogP contribution in [0.15, 0.2) is 187 Å². The van der Waals surface area contributed by atoms with E-state index in [1.54, 1.807) is 0 Å². The lowest BCUT2D eigenvalue weighted by Crippen LogP contribution is -2.11. The number of nitrogens with zero attached hydrogens (tertiary/aromatic N) is 2. The van der Waals surface area contributed by atoms with Gasteiger partial charge in [-0.1, -0.05) is 133 Å². The van der Waals surface area contributed by atoms with E-state index in [9.17, 15) is 0 Å². The van der Waals surface area contributed by atoms with Crippen molar-refractivity contribution in [3.63, 3.8) is 0 Å². The van der Waals surface area contributed by atoms with Crippen LogP contribution in [-0.4, -0.2) is 4.98 Å².